The Morgan fingerprint density at radius 2 is 1.85 bits per heavy atom. The van der Waals surface area contributed by atoms with Crippen molar-refractivity contribution in [2.24, 2.45) is 0 Å². The van der Waals surface area contributed by atoms with Crippen LogP contribution in [-0.2, 0) is 11.2 Å². The number of halogens is 1. The van der Waals surface area contributed by atoms with E-state index in [0.717, 1.165) is 36.6 Å². The molecule has 0 spiro atoms. The van der Waals surface area contributed by atoms with Crippen LogP contribution in [-0.4, -0.2) is 16.1 Å². The second-order valence-electron chi connectivity index (χ2n) is 5.19. The van der Waals surface area contributed by atoms with Crippen molar-refractivity contribution in [3.63, 3.8) is 0 Å². The van der Waals surface area contributed by atoms with Gasteiger partial charge in [-0.3, -0.25) is 4.79 Å². The normalized spacial score (nSPS) is 11.1. The lowest BCUT2D eigenvalue weighted by atomic mass is 10.1. The van der Waals surface area contributed by atoms with E-state index >= 15 is 0 Å². The summed E-state index contributed by atoms with van der Waals surface area (Å²) in [6.45, 7) is 0. The van der Waals surface area contributed by atoms with Gasteiger partial charge in [0, 0.05) is 27.5 Å². The number of aromatic amines is 1. The summed E-state index contributed by atoms with van der Waals surface area (Å²) in [7, 11) is 0. The highest BCUT2D eigenvalue weighted by molar-refractivity contribution is 9.10. The zero-order valence-electron chi connectivity index (χ0n) is 11.5. The van der Waals surface area contributed by atoms with E-state index in [1.807, 2.05) is 6.07 Å². The van der Waals surface area contributed by atoms with Crippen LogP contribution in [0.4, 0.5) is 0 Å². The molecule has 2 aromatic rings. The van der Waals surface area contributed by atoms with Gasteiger partial charge in [-0.05, 0) is 43.5 Å². The van der Waals surface area contributed by atoms with Gasteiger partial charge in [-0.2, -0.15) is 0 Å². The zero-order valence-corrected chi connectivity index (χ0v) is 13.1. The predicted octanol–water partition coefficient (Wildman–Crippen LogP) is 4.90. The number of aryl methyl sites for hydroxylation is 1. The summed E-state index contributed by atoms with van der Waals surface area (Å²) in [6.07, 6.45) is 6.63. The molecule has 1 aromatic heterocycles. The van der Waals surface area contributed by atoms with Crippen molar-refractivity contribution < 1.29 is 9.90 Å². The van der Waals surface area contributed by atoms with E-state index < -0.39 is 5.97 Å². The minimum atomic E-state index is -0.686. The molecule has 2 N–H and O–H groups in total. The summed E-state index contributed by atoms with van der Waals surface area (Å²) in [5.41, 5.74) is 2.47. The molecule has 4 heteroatoms. The third-order valence-corrected chi connectivity index (χ3v) is 3.97. The Kier molecular flexibility index (Phi) is 5.65. The van der Waals surface area contributed by atoms with Crippen molar-refractivity contribution in [1.29, 1.82) is 0 Å². The molecule has 0 saturated carbocycles. The first-order chi connectivity index (χ1) is 9.65. The summed E-state index contributed by atoms with van der Waals surface area (Å²) in [4.78, 5) is 13.8. The number of aliphatic carboxylic acids is 1. The Hall–Kier alpha value is -1.29. The molecule has 0 fully saturated rings. The number of unbranched alkanes of at least 4 members (excludes halogenated alkanes) is 4. The molecule has 0 saturated heterocycles. The van der Waals surface area contributed by atoms with Crippen LogP contribution in [0.15, 0.2) is 28.7 Å². The lowest BCUT2D eigenvalue weighted by Gasteiger charge is -1.99. The smallest absolute Gasteiger partial charge is 0.303 e. The monoisotopic (exact) mass is 337 g/mol. The van der Waals surface area contributed by atoms with Crippen molar-refractivity contribution in [3.8, 4) is 0 Å². The van der Waals surface area contributed by atoms with Crippen molar-refractivity contribution in [1.82, 2.24) is 4.98 Å². The number of fused-ring (bicyclic) bond motifs is 1. The van der Waals surface area contributed by atoms with Crippen LogP contribution in [0.25, 0.3) is 10.9 Å². The maximum Gasteiger partial charge on any atom is 0.303 e. The third-order valence-electron chi connectivity index (χ3n) is 3.48. The topological polar surface area (TPSA) is 53.1 Å². The molecule has 3 nitrogen and oxygen atoms in total. The first kappa shape index (κ1) is 15.1. The fraction of sp³-hybridized carbons (Fsp3) is 0.438. The number of rotatable bonds is 8. The Labute approximate surface area is 127 Å². The van der Waals surface area contributed by atoms with E-state index in [1.165, 1.54) is 23.0 Å². The second kappa shape index (κ2) is 7.48. The van der Waals surface area contributed by atoms with Gasteiger partial charge in [-0.25, -0.2) is 0 Å². The largest absolute Gasteiger partial charge is 0.481 e. The molecule has 2 rings (SSSR count). The Bertz CT molecular complexity index is 577. The number of H-pyrrole nitrogens is 1. The van der Waals surface area contributed by atoms with Crippen LogP contribution < -0.4 is 0 Å². The van der Waals surface area contributed by atoms with Crippen molar-refractivity contribution in [2.45, 2.75) is 44.9 Å². The van der Waals surface area contributed by atoms with E-state index in [2.05, 4.69) is 39.1 Å². The van der Waals surface area contributed by atoms with Gasteiger partial charge >= 0.3 is 5.97 Å². The predicted molar refractivity (Wildman–Crippen MR) is 85.0 cm³/mol. The number of nitrogens with one attached hydrogen (secondary N) is 1. The molecule has 20 heavy (non-hydrogen) atoms. The number of carbonyl (C=O) groups is 1. The highest BCUT2D eigenvalue weighted by atomic mass is 79.9. The first-order valence-corrected chi connectivity index (χ1v) is 7.93. The fourth-order valence-corrected chi connectivity index (χ4v) is 2.80. The van der Waals surface area contributed by atoms with Crippen LogP contribution in [0.2, 0.25) is 0 Å². The maximum atomic E-state index is 10.4. The summed E-state index contributed by atoms with van der Waals surface area (Å²) in [5, 5.41) is 9.79. The lowest BCUT2D eigenvalue weighted by Crippen LogP contribution is -1.93. The molecular formula is C16H20BrNO2. The minimum absolute atomic E-state index is 0.302. The molecule has 1 heterocycles. The number of benzene rings is 1. The molecule has 0 aliphatic carbocycles. The minimum Gasteiger partial charge on any atom is -0.481 e. The number of hydrogen-bond acceptors (Lipinski definition) is 1. The van der Waals surface area contributed by atoms with Gasteiger partial charge in [-0.15, -0.1) is 0 Å². The van der Waals surface area contributed by atoms with Crippen molar-refractivity contribution in [3.05, 3.63) is 34.4 Å². The lowest BCUT2D eigenvalue weighted by molar-refractivity contribution is -0.137. The highest BCUT2D eigenvalue weighted by Gasteiger charge is 2.02. The Morgan fingerprint density at radius 1 is 1.10 bits per heavy atom. The quantitative estimate of drug-likeness (QED) is 0.673. The Morgan fingerprint density at radius 3 is 2.65 bits per heavy atom. The van der Waals surface area contributed by atoms with Crippen LogP contribution >= 0.6 is 15.9 Å². The number of carboxylic acids is 1. The fourth-order valence-electron chi connectivity index (χ4n) is 2.42. The van der Waals surface area contributed by atoms with Gasteiger partial charge in [0.15, 0.2) is 0 Å². The summed E-state index contributed by atoms with van der Waals surface area (Å²) in [6, 6.07) is 8.48. The van der Waals surface area contributed by atoms with E-state index in [9.17, 15) is 4.79 Å². The highest BCUT2D eigenvalue weighted by Crippen LogP contribution is 2.21. The molecular weight excluding hydrogens is 318 g/mol. The van der Waals surface area contributed by atoms with E-state index in [1.54, 1.807) is 0 Å². The van der Waals surface area contributed by atoms with Crippen molar-refractivity contribution in [2.75, 3.05) is 0 Å². The molecule has 0 unspecified atom stereocenters. The molecule has 0 aliphatic rings. The molecule has 0 bridgehead atoms. The van der Waals surface area contributed by atoms with Gasteiger partial charge in [0.05, 0.1) is 0 Å². The number of hydrogen-bond donors (Lipinski definition) is 2. The molecule has 0 atom stereocenters. The van der Waals surface area contributed by atoms with E-state index in [4.69, 9.17) is 5.11 Å². The van der Waals surface area contributed by atoms with Crippen molar-refractivity contribution >= 4 is 32.8 Å². The van der Waals surface area contributed by atoms with Crippen LogP contribution in [0.3, 0.4) is 0 Å². The maximum absolute atomic E-state index is 10.4. The molecule has 0 amide bonds. The van der Waals surface area contributed by atoms with Gasteiger partial charge < -0.3 is 10.1 Å². The van der Waals surface area contributed by atoms with Crippen LogP contribution in [0.1, 0.15) is 44.2 Å². The molecule has 1 aromatic carbocycles. The standard InChI is InChI=1S/C16H20BrNO2/c17-13-8-9-15-12(10-13)11-14(18-15)6-4-2-1-3-5-7-16(19)20/h8-11,18H,1-7H2,(H,19,20). The summed E-state index contributed by atoms with van der Waals surface area (Å²) in [5.74, 6) is -0.686. The SMILES string of the molecule is O=C(O)CCCCCCCc1cc2cc(Br)ccc2[nH]1. The van der Waals surface area contributed by atoms with Crippen LogP contribution in [0, 0.1) is 0 Å². The number of aromatic nitrogens is 1. The number of carboxylic acid groups (broad SMARTS) is 1. The van der Waals surface area contributed by atoms with E-state index in [-0.39, 0.29) is 0 Å². The third kappa shape index (κ3) is 4.67. The Balaban J connectivity index is 1.69. The average molecular weight is 338 g/mol. The van der Waals surface area contributed by atoms with Crippen LogP contribution in [0.5, 0.6) is 0 Å². The van der Waals surface area contributed by atoms with Gasteiger partial charge in [-0.1, -0.05) is 35.2 Å². The van der Waals surface area contributed by atoms with E-state index in [0.29, 0.717) is 6.42 Å². The molecule has 108 valence electrons. The zero-order chi connectivity index (χ0) is 14.4. The van der Waals surface area contributed by atoms with Gasteiger partial charge in [0.1, 0.15) is 0 Å². The molecule has 0 radical (unpaired) electrons. The second-order valence-corrected chi connectivity index (χ2v) is 6.10. The molecule has 0 aliphatic heterocycles. The average Bonchev–Trinajstić information content (AvgIpc) is 2.79. The summed E-state index contributed by atoms with van der Waals surface area (Å²) < 4.78 is 1.11. The summed E-state index contributed by atoms with van der Waals surface area (Å²) >= 11 is 3.48. The van der Waals surface area contributed by atoms with Gasteiger partial charge in [0.25, 0.3) is 0 Å². The van der Waals surface area contributed by atoms with Gasteiger partial charge in [0.2, 0.25) is 0 Å². The first-order valence-electron chi connectivity index (χ1n) is 7.14.